The molecule has 0 rings (SSSR count). The molecule has 2 N–H and O–H groups in total. The molecule has 0 heterocycles. The Morgan fingerprint density at radius 2 is 0.708 bits per heavy atom. The normalized spacial score (nSPS) is 12.0. The Kier molecular flexibility index (Phi) is 47.7. The first-order valence-corrected chi connectivity index (χ1v) is 27.9. The zero-order chi connectivity index (χ0) is 47.7. The quantitative estimate of drug-likeness (QED) is 0.0448. The van der Waals surface area contributed by atoms with Crippen LogP contribution < -0.4 is 0 Å². The Morgan fingerprint density at radius 1 is 0.385 bits per heavy atom. The number of rotatable bonds is 52. The average Bonchev–Trinajstić information content (AvgIpc) is 3.28. The van der Waals surface area contributed by atoms with E-state index in [9.17, 15) is 19.2 Å². The van der Waals surface area contributed by atoms with Crippen LogP contribution in [-0.4, -0.2) is 77.6 Å². The van der Waals surface area contributed by atoms with Gasteiger partial charge in [0.2, 0.25) is 0 Å². The van der Waals surface area contributed by atoms with Crippen molar-refractivity contribution in [1.82, 2.24) is 4.90 Å². The van der Waals surface area contributed by atoms with Crippen LogP contribution in [0.25, 0.3) is 0 Å². The Hall–Kier alpha value is -2.36. The number of hydrogen-bond donors (Lipinski definition) is 2. The van der Waals surface area contributed by atoms with E-state index in [0.29, 0.717) is 25.9 Å². The molecule has 65 heavy (non-hydrogen) atoms. The highest BCUT2D eigenvalue weighted by Crippen LogP contribution is 2.21. The predicted octanol–water partition coefficient (Wildman–Crippen LogP) is 16.3. The molecule has 0 fully saturated rings. The van der Waals surface area contributed by atoms with Crippen molar-refractivity contribution in [3.8, 4) is 0 Å². The minimum atomic E-state index is -0.690. The van der Waals surface area contributed by atoms with Crippen molar-refractivity contribution in [2.75, 3.05) is 26.2 Å². The summed E-state index contributed by atoms with van der Waals surface area (Å²) in [6.45, 7) is 9.71. The lowest BCUT2D eigenvalue weighted by Crippen LogP contribution is -2.26. The molecule has 0 aliphatic heterocycles. The highest BCUT2D eigenvalue weighted by molar-refractivity contribution is 5.69. The SMILES string of the molecule is CCCCCCCCCCCCC(CCC(=O)OC(CCCCCCCCCCCCCCC(=O)O)CCCCCCCCCCCCCCC(=O)O)OC(=O)OCCCN(CC)CC. The summed E-state index contributed by atoms with van der Waals surface area (Å²) in [6, 6.07) is 0. The van der Waals surface area contributed by atoms with E-state index < -0.39 is 18.1 Å². The summed E-state index contributed by atoms with van der Waals surface area (Å²) >= 11 is 0. The molecule has 10 nitrogen and oxygen atoms in total. The molecule has 10 heteroatoms. The third-order valence-electron chi connectivity index (χ3n) is 13.2. The zero-order valence-electron chi connectivity index (χ0n) is 42.9. The molecular formula is C55H105NO9. The van der Waals surface area contributed by atoms with Crippen LogP contribution in [0.3, 0.4) is 0 Å². The van der Waals surface area contributed by atoms with Gasteiger partial charge >= 0.3 is 24.1 Å². The van der Waals surface area contributed by atoms with E-state index in [-0.39, 0.29) is 24.6 Å². The maximum absolute atomic E-state index is 13.4. The highest BCUT2D eigenvalue weighted by Gasteiger charge is 2.20. The van der Waals surface area contributed by atoms with E-state index >= 15 is 0 Å². The number of carbonyl (C=O) groups excluding carboxylic acids is 2. The van der Waals surface area contributed by atoms with E-state index in [0.717, 1.165) is 122 Å². The van der Waals surface area contributed by atoms with Crippen molar-refractivity contribution >= 4 is 24.1 Å². The molecule has 0 aromatic carbocycles. The molecule has 1 atom stereocenters. The second-order valence-corrected chi connectivity index (χ2v) is 19.2. The molecule has 0 amide bonds. The summed E-state index contributed by atoms with van der Waals surface area (Å²) in [7, 11) is 0. The van der Waals surface area contributed by atoms with Gasteiger partial charge in [0.05, 0.1) is 6.61 Å². The van der Waals surface area contributed by atoms with Crippen LogP contribution in [0, 0.1) is 0 Å². The number of carboxylic acids is 2. The van der Waals surface area contributed by atoms with Gasteiger partial charge in [-0.2, -0.15) is 0 Å². The number of hydrogen-bond acceptors (Lipinski definition) is 8. The first kappa shape index (κ1) is 62.6. The van der Waals surface area contributed by atoms with E-state index in [2.05, 4.69) is 25.7 Å². The molecule has 0 aromatic rings. The van der Waals surface area contributed by atoms with Crippen molar-refractivity contribution in [3.05, 3.63) is 0 Å². The lowest BCUT2D eigenvalue weighted by molar-refractivity contribution is -0.150. The molecule has 0 aliphatic carbocycles. The van der Waals surface area contributed by atoms with Crippen molar-refractivity contribution in [3.63, 3.8) is 0 Å². The number of aliphatic carboxylic acids is 2. The Balaban J connectivity index is 4.89. The van der Waals surface area contributed by atoms with Gasteiger partial charge in [-0.15, -0.1) is 0 Å². The van der Waals surface area contributed by atoms with Crippen molar-refractivity contribution in [1.29, 1.82) is 0 Å². The summed E-state index contributed by atoms with van der Waals surface area (Å²) < 4.78 is 17.5. The number of esters is 1. The topological polar surface area (TPSA) is 140 Å². The monoisotopic (exact) mass is 924 g/mol. The van der Waals surface area contributed by atoms with Crippen LogP contribution in [0.15, 0.2) is 0 Å². The van der Waals surface area contributed by atoms with E-state index in [1.165, 1.54) is 141 Å². The molecular weight excluding hydrogens is 819 g/mol. The third kappa shape index (κ3) is 47.9. The zero-order valence-corrected chi connectivity index (χ0v) is 42.9. The fraction of sp³-hybridized carbons (Fsp3) is 0.927. The molecule has 0 aromatic heterocycles. The predicted molar refractivity (Wildman–Crippen MR) is 269 cm³/mol. The van der Waals surface area contributed by atoms with Gasteiger partial charge in [0, 0.05) is 25.8 Å². The van der Waals surface area contributed by atoms with Crippen LogP contribution in [0.1, 0.15) is 290 Å². The van der Waals surface area contributed by atoms with Crippen molar-refractivity contribution < 1.29 is 43.6 Å². The van der Waals surface area contributed by atoms with Gasteiger partial charge < -0.3 is 29.3 Å². The van der Waals surface area contributed by atoms with Gasteiger partial charge in [0.1, 0.15) is 12.2 Å². The smallest absolute Gasteiger partial charge is 0.481 e. The molecule has 1 unspecified atom stereocenters. The lowest BCUT2D eigenvalue weighted by atomic mass is 10.0. The van der Waals surface area contributed by atoms with Crippen LogP contribution >= 0.6 is 0 Å². The second kappa shape index (κ2) is 49.5. The highest BCUT2D eigenvalue weighted by atomic mass is 16.7. The molecule has 0 saturated carbocycles. The molecule has 384 valence electrons. The molecule has 0 aliphatic rings. The fourth-order valence-electron chi connectivity index (χ4n) is 8.89. The van der Waals surface area contributed by atoms with Crippen molar-refractivity contribution in [2.24, 2.45) is 0 Å². The fourth-order valence-corrected chi connectivity index (χ4v) is 8.89. The van der Waals surface area contributed by atoms with Crippen LogP contribution in [0.5, 0.6) is 0 Å². The number of unbranched alkanes of at least 4 members (excludes halogenated alkanes) is 31. The molecule has 0 bridgehead atoms. The van der Waals surface area contributed by atoms with Crippen LogP contribution in [0.2, 0.25) is 0 Å². The summed E-state index contributed by atoms with van der Waals surface area (Å²) in [6.07, 6.45) is 43.8. The third-order valence-corrected chi connectivity index (χ3v) is 13.2. The summed E-state index contributed by atoms with van der Waals surface area (Å²) in [5.74, 6) is -1.56. The van der Waals surface area contributed by atoms with Gasteiger partial charge in [-0.3, -0.25) is 14.4 Å². The standard InChI is InChI=1S/C55H105NO9/c1-4-7-8-9-10-11-20-27-32-37-43-51(65-55(62)63-49-40-48-56(5-2)6-3)46-47-54(61)64-50(41-35-30-25-21-16-12-14-18-23-28-33-38-44-52(57)58)42-36-31-26-22-17-13-15-19-24-29-34-39-45-53(59)60/h50-51H,4-49H2,1-3H3,(H,57,58)(H,59,60). The van der Waals surface area contributed by atoms with Gasteiger partial charge in [-0.1, -0.05) is 207 Å². The largest absolute Gasteiger partial charge is 0.508 e. The van der Waals surface area contributed by atoms with Gasteiger partial charge in [-0.25, -0.2) is 4.79 Å². The summed E-state index contributed by atoms with van der Waals surface area (Å²) in [4.78, 5) is 49.8. The van der Waals surface area contributed by atoms with Gasteiger partial charge in [0.15, 0.2) is 0 Å². The molecule has 0 spiro atoms. The van der Waals surface area contributed by atoms with Crippen LogP contribution in [0.4, 0.5) is 4.79 Å². The average molecular weight is 924 g/mol. The lowest BCUT2D eigenvalue weighted by Gasteiger charge is -2.21. The number of nitrogens with zero attached hydrogens (tertiary/aromatic N) is 1. The Bertz CT molecular complexity index is 1030. The van der Waals surface area contributed by atoms with Crippen LogP contribution in [-0.2, 0) is 28.6 Å². The van der Waals surface area contributed by atoms with E-state index in [1.54, 1.807) is 0 Å². The van der Waals surface area contributed by atoms with Gasteiger partial charge in [0.25, 0.3) is 0 Å². The Labute approximate surface area is 400 Å². The Morgan fingerprint density at radius 3 is 1.05 bits per heavy atom. The number of carbonyl (C=O) groups is 4. The summed E-state index contributed by atoms with van der Waals surface area (Å²) in [5, 5.41) is 17.6. The summed E-state index contributed by atoms with van der Waals surface area (Å²) in [5.41, 5.74) is 0. The minimum Gasteiger partial charge on any atom is -0.481 e. The maximum atomic E-state index is 13.4. The minimum absolute atomic E-state index is 0.0642. The maximum Gasteiger partial charge on any atom is 0.508 e. The number of ether oxygens (including phenoxy) is 3. The first-order chi connectivity index (χ1) is 31.7. The molecule has 0 saturated heterocycles. The van der Waals surface area contributed by atoms with E-state index in [1.807, 2.05) is 0 Å². The first-order valence-electron chi connectivity index (χ1n) is 27.9. The van der Waals surface area contributed by atoms with E-state index in [4.69, 9.17) is 24.4 Å². The van der Waals surface area contributed by atoms with Crippen molar-refractivity contribution in [2.45, 2.75) is 303 Å². The number of carboxylic acid groups (broad SMARTS) is 2. The molecule has 0 radical (unpaired) electrons. The second-order valence-electron chi connectivity index (χ2n) is 19.2. The van der Waals surface area contributed by atoms with Gasteiger partial charge in [-0.05, 0) is 77.3 Å².